The lowest BCUT2D eigenvalue weighted by molar-refractivity contribution is 0.0302. The van der Waals surface area contributed by atoms with Gasteiger partial charge in [0.15, 0.2) is 11.5 Å². The van der Waals surface area contributed by atoms with Crippen LogP contribution >= 0.6 is 0 Å². The van der Waals surface area contributed by atoms with E-state index in [0.717, 1.165) is 50.5 Å². The van der Waals surface area contributed by atoms with Gasteiger partial charge in [0, 0.05) is 32.2 Å². The van der Waals surface area contributed by atoms with E-state index in [2.05, 4.69) is 32.1 Å². The molecule has 4 rings (SSSR count). The van der Waals surface area contributed by atoms with E-state index < -0.39 is 0 Å². The van der Waals surface area contributed by atoms with Gasteiger partial charge in [-0.25, -0.2) is 0 Å². The highest BCUT2D eigenvalue weighted by Gasteiger charge is 2.34. The Labute approximate surface area is 130 Å². The van der Waals surface area contributed by atoms with Crippen LogP contribution in [-0.4, -0.2) is 48.6 Å². The van der Waals surface area contributed by atoms with Crippen molar-refractivity contribution in [3.63, 3.8) is 0 Å². The molecule has 116 valence electrons. The number of aromatic nitrogens is 2. The number of ether oxygens (including phenoxy) is 1. The van der Waals surface area contributed by atoms with Gasteiger partial charge < -0.3 is 14.5 Å². The van der Waals surface area contributed by atoms with Crippen molar-refractivity contribution >= 4 is 11.5 Å². The summed E-state index contributed by atoms with van der Waals surface area (Å²) in [6, 6.07) is 4.25. The molecule has 2 atom stereocenters. The molecule has 2 unspecified atom stereocenters. The predicted molar refractivity (Wildman–Crippen MR) is 82.9 cm³/mol. The standard InChI is InChI=1S/C16H21N5O/c17-9-14-15(20-6-2-1-3-7-20)8-16(19-18-14)21-10-12-4-5-13(11-21)22-12/h8,12-13H,1-7,10-11H2. The monoisotopic (exact) mass is 299 g/mol. The van der Waals surface area contributed by atoms with Crippen molar-refractivity contribution in [2.75, 3.05) is 36.0 Å². The maximum atomic E-state index is 9.33. The Balaban J connectivity index is 1.62. The number of nitrogens with zero attached hydrogens (tertiary/aromatic N) is 5. The molecule has 6 heteroatoms. The van der Waals surface area contributed by atoms with E-state index in [1.165, 1.54) is 19.3 Å². The SMILES string of the molecule is N#Cc1nnc(N2CC3CCC(C2)O3)cc1N1CCCCC1. The summed E-state index contributed by atoms with van der Waals surface area (Å²) >= 11 is 0. The van der Waals surface area contributed by atoms with Crippen LogP contribution in [0.25, 0.3) is 0 Å². The number of fused-ring (bicyclic) bond motifs is 2. The third-order valence-electron chi connectivity index (χ3n) is 4.93. The first-order valence-electron chi connectivity index (χ1n) is 8.26. The van der Waals surface area contributed by atoms with E-state index in [9.17, 15) is 5.26 Å². The van der Waals surface area contributed by atoms with Crippen molar-refractivity contribution in [1.29, 1.82) is 5.26 Å². The van der Waals surface area contributed by atoms with E-state index in [4.69, 9.17) is 4.74 Å². The molecule has 0 spiro atoms. The van der Waals surface area contributed by atoms with Crippen LogP contribution in [0.4, 0.5) is 11.5 Å². The van der Waals surface area contributed by atoms with Crippen LogP contribution in [-0.2, 0) is 4.74 Å². The van der Waals surface area contributed by atoms with Crippen LogP contribution in [0.15, 0.2) is 6.07 Å². The van der Waals surface area contributed by atoms with Gasteiger partial charge in [0.2, 0.25) is 0 Å². The van der Waals surface area contributed by atoms with Gasteiger partial charge in [-0.1, -0.05) is 0 Å². The number of anilines is 2. The molecule has 2 bridgehead atoms. The summed E-state index contributed by atoms with van der Waals surface area (Å²) in [6.45, 7) is 3.79. The number of rotatable bonds is 2. The Morgan fingerprint density at radius 3 is 2.45 bits per heavy atom. The topological polar surface area (TPSA) is 65.3 Å². The molecule has 22 heavy (non-hydrogen) atoms. The summed E-state index contributed by atoms with van der Waals surface area (Å²) in [4.78, 5) is 4.56. The first-order chi connectivity index (χ1) is 10.8. The van der Waals surface area contributed by atoms with Crippen LogP contribution < -0.4 is 9.80 Å². The minimum Gasteiger partial charge on any atom is -0.371 e. The van der Waals surface area contributed by atoms with Gasteiger partial charge in [0.25, 0.3) is 0 Å². The van der Waals surface area contributed by atoms with E-state index in [-0.39, 0.29) is 0 Å². The van der Waals surface area contributed by atoms with Crippen molar-refractivity contribution in [1.82, 2.24) is 10.2 Å². The molecule has 1 aromatic heterocycles. The third kappa shape index (κ3) is 2.50. The van der Waals surface area contributed by atoms with Crippen LogP contribution in [0.5, 0.6) is 0 Å². The van der Waals surface area contributed by atoms with Gasteiger partial charge in [-0.15, -0.1) is 10.2 Å². The van der Waals surface area contributed by atoms with Gasteiger partial charge in [0.05, 0.1) is 17.9 Å². The van der Waals surface area contributed by atoms with E-state index in [1.54, 1.807) is 0 Å². The average molecular weight is 299 g/mol. The molecule has 3 saturated heterocycles. The number of morpholine rings is 1. The highest BCUT2D eigenvalue weighted by molar-refractivity contribution is 5.61. The molecule has 4 heterocycles. The Kier molecular flexibility index (Phi) is 3.59. The van der Waals surface area contributed by atoms with Gasteiger partial charge in [-0.05, 0) is 32.1 Å². The van der Waals surface area contributed by atoms with Crippen LogP contribution in [0.2, 0.25) is 0 Å². The van der Waals surface area contributed by atoms with Crippen molar-refractivity contribution in [2.45, 2.75) is 44.3 Å². The summed E-state index contributed by atoms with van der Waals surface area (Å²) in [7, 11) is 0. The molecule has 0 N–H and O–H groups in total. The molecule has 3 fully saturated rings. The smallest absolute Gasteiger partial charge is 0.186 e. The fourth-order valence-corrected chi connectivity index (χ4v) is 3.78. The second-order valence-electron chi connectivity index (χ2n) is 6.46. The Hall–Kier alpha value is -1.87. The molecule has 3 aliphatic rings. The molecule has 3 aliphatic heterocycles. The van der Waals surface area contributed by atoms with Gasteiger partial charge in [-0.2, -0.15) is 5.26 Å². The third-order valence-corrected chi connectivity index (χ3v) is 4.93. The molecular formula is C16H21N5O. The predicted octanol–water partition coefficient (Wildman–Crippen LogP) is 1.71. The van der Waals surface area contributed by atoms with Gasteiger partial charge in [0.1, 0.15) is 6.07 Å². The fourth-order valence-electron chi connectivity index (χ4n) is 3.78. The number of hydrogen-bond acceptors (Lipinski definition) is 6. The highest BCUT2D eigenvalue weighted by Crippen LogP contribution is 2.31. The van der Waals surface area contributed by atoms with Crippen LogP contribution in [0.3, 0.4) is 0 Å². The zero-order valence-corrected chi connectivity index (χ0v) is 12.7. The molecule has 0 radical (unpaired) electrons. The summed E-state index contributed by atoms with van der Waals surface area (Å²) in [6.07, 6.45) is 6.59. The highest BCUT2D eigenvalue weighted by atomic mass is 16.5. The van der Waals surface area contributed by atoms with E-state index >= 15 is 0 Å². The van der Waals surface area contributed by atoms with E-state index in [0.29, 0.717) is 17.9 Å². The number of nitriles is 1. The summed E-state index contributed by atoms with van der Waals surface area (Å²) in [5.41, 5.74) is 1.40. The summed E-state index contributed by atoms with van der Waals surface area (Å²) in [5, 5.41) is 17.8. The number of hydrogen-bond donors (Lipinski definition) is 0. The first-order valence-corrected chi connectivity index (χ1v) is 8.26. The summed E-state index contributed by atoms with van der Waals surface area (Å²) in [5.74, 6) is 0.889. The van der Waals surface area contributed by atoms with E-state index in [1.807, 2.05) is 0 Å². The molecule has 0 aliphatic carbocycles. The first kappa shape index (κ1) is 13.8. The fraction of sp³-hybridized carbons (Fsp3) is 0.688. The Morgan fingerprint density at radius 1 is 1.05 bits per heavy atom. The Morgan fingerprint density at radius 2 is 1.77 bits per heavy atom. The lowest BCUT2D eigenvalue weighted by Crippen LogP contribution is -2.43. The zero-order valence-electron chi connectivity index (χ0n) is 12.7. The summed E-state index contributed by atoms with van der Waals surface area (Å²) < 4.78 is 5.89. The quantitative estimate of drug-likeness (QED) is 0.828. The number of piperidine rings is 1. The molecule has 0 amide bonds. The maximum absolute atomic E-state index is 9.33. The van der Waals surface area contributed by atoms with Crippen molar-refractivity contribution < 1.29 is 4.74 Å². The molecule has 0 aromatic carbocycles. The Bertz CT molecular complexity index is 581. The molecule has 6 nitrogen and oxygen atoms in total. The largest absolute Gasteiger partial charge is 0.371 e. The maximum Gasteiger partial charge on any atom is 0.186 e. The van der Waals surface area contributed by atoms with Crippen molar-refractivity contribution in [3.8, 4) is 6.07 Å². The lowest BCUT2D eigenvalue weighted by Gasteiger charge is -2.34. The second kappa shape index (κ2) is 5.73. The molecular weight excluding hydrogens is 278 g/mol. The minimum atomic E-state index is 0.328. The average Bonchev–Trinajstić information content (AvgIpc) is 2.93. The van der Waals surface area contributed by atoms with Crippen LogP contribution in [0.1, 0.15) is 37.8 Å². The second-order valence-corrected chi connectivity index (χ2v) is 6.46. The zero-order chi connectivity index (χ0) is 14.9. The van der Waals surface area contributed by atoms with Crippen LogP contribution in [0, 0.1) is 11.3 Å². The van der Waals surface area contributed by atoms with Crippen molar-refractivity contribution in [3.05, 3.63) is 11.8 Å². The minimum absolute atomic E-state index is 0.328. The van der Waals surface area contributed by atoms with Gasteiger partial charge >= 0.3 is 0 Å². The van der Waals surface area contributed by atoms with Gasteiger partial charge in [-0.3, -0.25) is 0 Å². The molecule has 1 aromatic rings. The normalized spacial score (nSPS) is 27.8. The lowest BCUT2D eigenvalue weighted by atomic mass is 10.1. The molecule has 0 saturated carbocycles. The van der Waals surface area contributed by atoms with Crippen molar-refractivity contribution in [2.24, 2.45) is 0 Å².